The first kappa shape index (κ1) is 8.76. The maximum Gasteiger partial charge on any atom is 0.194 e. The summed E-state index contributed by atoms with van der Waals surface area (Å²) in [6, 6.07) is 2.20. The van der Waals surface area contributed by atoms with E-state index >= 15 is 0 Å². The second-order valence-electron chi connectivity index (χ2n) is 2.26. The predicted octanol–water partition coefficient (Wildman–Crippen LogP) is 0.627. The first-order valence-electron chi connectivity index (χ1n) is 3.17. The van der Waals surface area contributed by atoms with E-state index in [2.05, 4.69) is 4.84 Å². The van der Waals surface area contributed by atoms with Gasteiger partial charge in [-0.15, -0.1) is 0 Å². The largest absolute Gasteiger partial charge is 0.504 e. The van der Waals surface area contributed by atoms with E-state index in [0.29, 0.717) is 5.56 Å². The van der Waals surface area contributed by atoms with E-state index in [-0.39, 0.29) is 6.61 Å². The lowest BCUT2D eigenvalue weighted by molar-refractivity contribution is 0.123. The molecule has 5 heteroatoms. The molecule has 0 unspecified atom stereocenters. The summed E-state index contributed by atoms with van der Waals surface area (Å²) in [5, 5.41) is 17.7. The number of hydrogen-bond acceptors (Lipinski definition) is 4. The van der Waals surface area contributed by atoms with Crippen molar-refractivity contribution in [1.82, 2.24) is 0 Å². The Hall–Kier alpha value is -1.33. The summed E-state index contributed by atoms with van der Waals surface area (Å²) in [6.07, 6.45) is 0. The predicted molar refractivity (Wildman–Crippen MR) is 38.7 cm³/mol. The van der Waals surface area contributed by atoms with Gasteiger partial charge in [-0.25, -0.2) is 10.3 Å². The third-order valence-electron chi connectivity index (χ3n) is 1.35. The molecule has 0 spiro atoms. The molecule has 1 aromatic carbocycles. The normalized spacial score (nSPS) is 10.2. The standard InChI is InChI=1S/C7H8FNO3/c8-5-1-4(3-12-9)2-6(10)7(5)11/h1-2,10-11H,3,9H2. The van der Waals surface area contributed by atoms with Gasteiger partial charge in [-0.1, -0.05) is 0 Å². The molecule has 1 rings (SSSR count). The molecular formula is C7H8FNO3. The van der Waals surface area contributed by atoms with Gasteiger partial charge in [0.25, 0.3) is 0 Å². The van der Waals surface area contributed by atoms with E-state index < -0.39 is 17.3 Å². The van der Waals surface area contributed by atoms with Crippen LogP contribution in [0.5, 0.6) is 11.5 Å². The zero-order valence-corrected chi connectivity index (χ0v) is 6.12. The van der Waals surface area contributed by atoms with Gasteiger partial charge in [0.15, 0.2) is 17.3 Å². The highest BCUT2D eigenvalue weighted by Gasteiger charge is 2.08. The molecule has 0 aromatic heterocycles. The molecule has 0 atom stereocenters. The second-order valence-corrected chi connectivity index (χ2v) is 2.26. The minimum atomic E-state index is -0.901. The molecule has 1 aromatic rings. The van der Waals surface area contributed by atoms with Crippen LogP contribution in [0.25, 0.3) is 0 Å². The van der Waals surface area contributed by atoms with Gasteiger partial charge in [-0.3, -0.25) is 4.84 Å². The van der Waals surface area contributed by atoms with E-state index in [9.17, 15) is 4.39 Å². The van der Waals surface area contributed by atoms with Gasteiger partial charge in [0.1, 0.15) is 0 Å². The molecule has 0 aliphatic rings. The van der Waals surface area contributed by atoms with Crippen molar-refractivity contribution in [2.45, 2.75) is 6.61 Å². The number of aromatic hydroxyl groups is 2. The van der Waals surface area contributed by atoms with Crippen LogP contribution >= 0.6 is 0 Å². The van der Waals surface area contributed by atoms with Gasteiger partial charge in [0, 0.05) is 0 Å². The Kier molecular flexibility index (Phi) is 2.47. The van der Waals surface area contributed by atoms with Crippen molar-refractivity contribution in [2.24, 2.45) is 5.90 Å². The summed E-state index contributed by atoms with van der Waals surface area (Å²) in [4.78, 5) is 4.22. The molecular weight excluding hydrogens is 165 g/mol. The van der Waals surface area contributed by atoms with E-state index in [0.717, 1.165) is 6.07 Å². The smallest absolute Gasteiger partial charge is 0.194 e. The van der Waals surface area contributed by atoms with Gasteiger partial charge in [0.2, 0.25) is 0 Å². The number of nitrogens with two attached hydrogens (primary N) is 1. The summed E-state index contributed by atoms with van der Waals surface area (Å²) in [5.74, 6) is 2.54. The Morgan fingerprint density at radius 1 is 1.42 bits per heavy atom. The van der Waals surface area contributed by atoms with E-state index in [4.69, 9.17) is 16.1 Å². The lowest BCUT2D eigenvalue weighted by Crippen LogP contribution is -1.99. The highest BCUT2D eigenvalue weighted by atomic mass is 19.1. The van der Waals surface area contributed by atoms with Crippen LogP contribution in [-0.4, -0.2) is 10.2 Å². The fourth-order valence-corrected chi connectivity index (χ4v) is 0.819. The van der Waals surface area contributed by atoms with Crippen LogP contribution in [-0.2, 0) is 11.4 Å². The summed E-state index contributed by atoms with van der Waals surface area (Å²) >= 11 is 0. The Morgan fingerprint density at radius 2 is 2.08 bits per heavy atom. The molecule has 0 bridgehead atoms. The van der Waals surface area contributed by atoms with Crippen molar-refractivity contribution >= 4 is 0 Å². The van der Waals surface area contributed by atoms with Gasteiger partial charge in [-0.2, -0.15) is 0 Å². The Balaban J connectivity index is 3.04. The third kappa shape index (κ3) is 1.63. The molecule has 4 N–H and O–H groups in total. The van der Waals surface area contributed by atoms with Crippen LogP contribution in [0.3, 0.4) is 0 Å². The highest BCUT2D eigenvalue weighted by Crippen LogP contribution is 2.28. The van der Waals surface area contributed by atoms with E-state index in [1.165, 1.54) is 6.07 Å². The molecule has 0 aliphatic heterocycles. The highest BCUT2D eigenvalue weighted by molar-refractivity contribution is 5.41. The zero-order chi connectivity index (χ0) is 9.14. The van der Waals surface area contributed by atoms with Gasteiger partial charge < -0.3 is 10.2 Å². The molecule has 4 nitrogen and oxygen atoms in total. The number of hydrogen-bond donors (Lipinski definition) is 3. The lowest BCUT2D eigenvalue weighted by Gasteiger charge is -2.02. The quantitative estimate of drug-likeness (QED) is 0.452. The SMILES string of the molecule is NOCc1cc(O)c(O)c(F)c1. The summed E-state index contributed by atoms with van der Waals surface area (Å²) < 4.78 is 12.7. The molecule has 0 amide bonds. The molecule has 12 heavy (non-hydrogen) atoms. The molecule has 0 saturated carbocycles. The fourth-order valence-electron chi connectivity index (χ4n) is 0.819. The molecule has 0 saturated heterocycles. The second kappa shape index (κ2) is 3.38. The monoisotopic (exact) mass is 173 g/mol. The summed E-state index contributed by atoms with van der Waals surface area (Å²) in [7, 11) is 0. The zero-order valence-electron chi connectivity index (χ0n) is 6.12. The molecule has 0 aliphatic carbocycles. The van der Waals surface area contributed by atoms with Gasteiger partial charge in [0.05, 0.1) is 6.61 Å². The summed E-state index contributed by atoms with van der Waals surface area (Å²) in [5.41, 5.74) is 0.352. The fraction of sp³-hybridized carbons (Fsp3) is 0.143. The Labute approximate surface area is 68.0 Å². The Morgan fingerprint density at radius 3 is 2.58 bits per heavy atom. The number of phenols is 2. The maximum atomic E-state index is 12.7. The van der Waals surface area contributed by atoms with Crippen LogP contribution in [0.2, 0.25) is 0 Å². The van der Waals surface area contributed by atoms with Crippen molar-refractivity contribution in [3.8, 4) is 11.5 Å². The summed E-state index contributed by atoms with van der Waals surface area (Å²) in [6.45, 7) is -0.0231. The lowest BCUT2D eigenvalue weighted by atomic mass is 10.2. The van der Waals surface area contributed by atoms with Crippen LogP contribution in [0, 0.1) is 5.82 Å². The maximum absolute atomic E-state index is 12.7. The minimum Gasteiger partial charge on any atom is -0.504 e. The first-order valence-corrected chi connectivity index (χ1v) is 3.17. The van der Waals surface area contributed by atoms with Crippen molar-refractivity contribution < 1.29 is 19.4 Å². The van der Waals surface area contributed by atoms with Crippen LogP contribution in [0.4, 0.5) is 4.39 Å². The number of rotatable bonds is 2. The van der Waals surface area contributed by atoms with E-state index in [1.807, 2.05) is 0 Å². The average Bonchev–Trinajstić information content (AvgIpc) is 2.01. The van der Waals surface area contributed by atoms with Crippen molar-refractivity contribution in [3.05, 3.63) is 23.5 Å². The third-order valence-corrected chi connectivity index (χ3v) is 1.35. The van der Waals surface area contributed by atoms with Crippen LogP contribution < -0.4 is 5.90 Å². The van der Waals surface area contributed by atoms with Crippen molar-refractivity contribution in [1.29, 1.82) is 0 Å². The molecule has 0 radical (unpaired) electrons. The molecule has 0 fully saturated rings. The van der Waals surface area contributed by atoms with E-state index in [1.54, 1.807) is 0 Å². The van der Waals surface area contributed by atoms with Gasteiger partial charge in [-0.05, 0) is 17.7 Å². The Bertz CT molecular complexity index is 267. The minimum absolute atomic E-state index is 0.0231. The molecule has 0 heterocycles. The van der Waals surface area contributed by atoms with Gasteiger partial charge >= 0.3 is 0 Å². The van der Waals surface area contributed by atoms with Crippen molar-refractivity contribution in [3.63, 3.8) is 0 Å². The van der Waals surface area contributed by atoms with Crippen molar-refractivity contribution in [2.75, 3.05) is 0 Å². The number of benzene rings is 1. The topological polar surface area (TPSA) is 75.7 Å². The van der Waals surface area contributed by atoms with Crippen LogP contribution in [0.1, 0.15) is 5.56 Å². The average molecular weight is 173 g/mol. The number of halogens is 1. The van der Waals surface area contributed by atoms with Crippen LogP contribution in [0.15, 0.2) is 12.1 Å². The number of phenolic OH excluding ortho intramolecular Hbond substituents is 2. The first-order chi connectivity index (χ1) is 5.65. The molecule has 66 valence electrons.